The minimum atomic E-state index is -0.118. The van der Waals surface area contributed by atoms with Gasteiger partial charge in [0.15, 0.2) is 0 Å². The Morgan fingerprint density at radius 1 is 1.42 bits per heavy atom. The highest BCUT2D eigenvalue weighted by Crippen LogP contribution is 2.21. The molecule has 0 spiro atoms. The van der Waals surface area contributed by atoms with E-state index in [0.29, 0.717) is 11.6 Å². The van der Waals surface area contributed by atoms with E-state index in [2.05, 4.69) is 22.3 Å². The molecular weight excluding hydrogens is 326 g/mol. The summed E-state index contributed by atoms with van der Waals surface area (Å²) < 4.78 is 1.70. The maximum Gasteiger partial charge on any atom is 0.293 e. The fraction of sp³-hybridized carbons (Fsp3) is 0.471. The van der Waals surface area contributed by atoms with Crippen molar-refractivity contribution in [2.45, 2.75) is 32.7 Å². The molecule has 1 aromatic heterocycles. The number of carbonyl (C=O) groups excluding carboxylic acids is 1. The number of rotatable bonds is 4. The zero-order valence-corrected chi connectivity index (χ0v) is 14.8. The summed E-state index contributed by atoms with van der Waals surface area (Å²) in [6.45, 7) is 6.36. The summed E-state index contributed by atoms with van der Waals surface area (Å²) in [6.07, 6.45) is 1.66. The lowest BCUT2D eigenvalue weighted by Crippen LogP contribution is -2.52. The highest BCUT2D eigenvalue weighted by atomic mass is 35.5. The summed E-state index contributed by atoms with van der Waals surface area (Å²) in [5.74, 6) is 0.885. The minimum absolute atomic E-state index is 0.118. The average Bonchev–Trinajstić information content (AvgIpc) is 2.99. The van der Waals surface area contributed by atoms with Gasteiger partial charge in [-0.25, -0.2) is 9.67 Å². The highest BCUT2D eigenvalue weighted by molar-refractivity contribution is 6.32. The van der Waals surface area contributed by atoms with E-state index in [1.54, 1.807) is 4.68 Å². The number of hydrogen-bond donors (Lipinski definition) is 1. The molecule has 1 aliphatic heterocycles. The number of benzene rings is 1. The molecule has 1 fully saturated rings. The van der Waals surface area contributed by atoms with Gasteiger partial charge in [0.25, 0.3) is 5.91 Å². The predicted octanol–water partition coefficient (Wildman–Crippen LogP) is 2.31. The van der Waals surface area contributed by atoms with Crippen LogP contribution in [0.3, 0.4) is 0 Å². The van der Waals surface area contributed by atoms with Gasteiger partial charge in [0.2, 0.25) is 5.82 Å². The summed E-state index contributed by atoms with van der Waals surface area (Å²) in [4.78, 5) is 19.2. The Balaban J connectivity index is 1.97. The summed E-state index contributed by atoms with van der Waals surface area (Å²) in [5.41, 5.74) is 0.752. The van der Waals surface area contributed by atoms with Gasteiger partial charge in [0.1, 0.15) is 5.82 Å². The van der Waals surface area contributed by atoms with Gasteiger partial charge < -0.3 is 10.2 Å². The lowest BCUT2D eigenvalue weighted by molar-refractivity contribution is 0.0643. The number of carbonyl (C=O) groups is 1. The number of nitrogens with zero attached hydrogens (tertiary/aromatic N) is 4. The van der Waals surface area contributed by atoms with Gasteiger partial charge in [-0.15, -0.1) is 5.10 Å². The molecule has 1 aliphatic rings. The molecule has 1 aromatic carbocycles. The van der Waals surface area contributed by atoms with Crippen LogP contribution in [0.15, 0.2) is 24.3 Å². The topological polar surface area (TPSA) is 63.1 Å². The molecule has 1 amide bonds. The van der Waals surface area contributed by atoms with Gasteiger partial charge in [0, 0.05) is 32.1 Å². The van der Waals surface area contributed by atoms with Gasteiger partial charge in [-0.3, -0.25) is 4.79 Å². The van der Waals surface area contributed by atoms with Crippen molar-refractivity contribution >= 4 is 17.5 Å². The van der Waals surface area contributed by atoms with Crippen LogP contribution in [0.2, 0.25) is 5.02 Å². The molecule has 0 saturated carbocycles. The molecule has 2 aromatic rings. The number of para-hydroxylation sites is 1. The molecule has 0 bridgehead atoms. The van der Waals surface area contributed by atoms with Crippen LogP contribution in [0, 0.1) is 0 Å². The third-order valence-electron chi connectivity index (χ3n) is 4.18. The molecule has 7 heteroatoms. The van der Waals surface area contributed by atoms with Crippen molar-refractivity contribution in [1.29, 1.82) is 0 Å². The SMILES string of the molecule is CCCc1nc(C(=O)N2CCNC[C@H]2C)nn1-c1ccccc1Cl. The van der Waals surface area contributed by atoms with E-state index in [0.717, 1.165) is 37.4 Å². The Morgan fingerprint density at radius 2 is 2.21 bits per heavy atom. The molecule has 1 N–H and O–H groups in total. The monoisotopic (exact) mass is 347 g/mol. The van der Waals surface area contributed by atoms with Crippen LogP contribution in [0.4, 0.5) is 0 Å². The quantitative estimate of drug-likeness (QED) is 0.921. The number of aromatic nitrogens is 3. The molecular formula is C17H22ClN5O. The van der Waals surface area contributed by atoms with Crippen molar-refractivity contribution in [1.82, 2.24) is 25.0 Å². The summed E-state index contributed by atoms with van der Waals surface area (Å²) >= 11 is 6.30. The van der Waals surface area contributed by atoms with Crippen LogP contribution in [-0.4, -0.2) is 51.2 Å². The number of hydrogen-bond acceptors (Lipinski definition) is 4. The largest absolute Gasteiger partial charge is 0.331 e. The highest BCUT2D eigenvalue weighted by Gasteiger charge is 2.28. The van der Waals surface area contributed by atoms with Crippen molar-refractivity contribution < 1.29 is 4.79 Å². The standard InChI is InChI=1S/C17H22ClN5O/c1-3-6-15-20-16(17(24)22-10-9-19-11-12(22)2)21-23(15)14-8-5-4-7-13(14)18/h4-5,7-8,12,19H,3,6,9-11H2,1-2H3/t12-/m1/s1. The second kappa shape index (κ2) is 7.32. The third-order valence-corrected chi connectivity index (χ3v) is 4.50. The van der Waals surface area contributed by atoms with Crippen LogP contribution < -0.4 is 5.32 Å². The van der Waals surface area contributed by atoms with Crippen LogP contribution in [0.25, 0.3) is 5.69 Å². The second-order valence-corrected chi connectivity index (χ2v) is 6.42. The van der Waals surface area contributed by atoms with Crippen molar-refractivity contribution in [2.24, 2.45) is 0 Å². The lowest BCUT2D eigenvalue weighted by Gasteiger charge is -2.33. The number of piperazine rings is 1. The van der Waals surface area contributed by atoms with Gasteiger partial charge in [-0.1, -0.05) is 30.7 Å². The molecule has 0 aliphatic carbocycles. The number of nitrogens with one attached hydrogen (secondary N) is 1. The van der Waals surface area contributed by atoms with Crippen LogP contribution in [0.5, 0.6) is 0 Å². The summed E-state index contributed by atoms with van der Waals surface area (Å²) in [6, 6.07) is 7.61. The average molecular weight is 348 g/mol. The molecule has 3 rings (SSSR count). The Kier molecular flexibility index (Phi) is 5.16. The molecule has 128 valence electrons. The molecule has 1 saturated heterocycles. The normalized spacial score (nSPS) is 18.0. The number of halogens is 1. The molecule has 0 unspecified atom stereocenters. The molecule has 0 radical (unpaired) electrons. The van der Waals surface area contributed by atoms with E-state index in [9.17, 15) is 4.79 Å². The van der Waals surface area contributed by atoms with Gasteiger partial charge in [-0.2, -0.15) is 0 Å². The molecule has 2 heterocycles. The predicted molar refractivity (Wildman–Crippen MR) is 93.7 cm³/mol. The first-order valence-corrected chi connectivity index (χ1v) is 8.72. The minimum Gasteiger partial charge on any atom is -0.331 e. The van der Waals surface area contributed by atoms with E-state index < -0.39 is 0 Å². The van der Waals surface area contributed by atoms with Gasteiger partial charge in [-0.05, 0) is 25.5 Å². The molecule has 24 heavy (non-hydrogen) atoms. The van der Waals surface area contributed by atoms with E-state index in [1.165, 1.54) is 0 Å². The fourth-order valence-corrected chi connectivity index (χ4v) is 3.12. The molecule has 1 atom stereocenters. The van der Waals surface area contributed by atoms with Crippen LogP contribution in [0.1, 0.15) is 36.7 Å². The number of aryl methyl sites for hydroxylation is 1. The zero-order valence-electron chi connectivity index (χ0n) is 14.0. The third kappa shape index (κ3) is 3.30. The van der Waals surface area contributed by atoms with Crippen molar-refractivity contribution in [3.63, 3.8) is 0 Å². The van der Waals surface area contributed by atoms with Gasteiger partial charge in [0.05, 0.1) is 10.7 Å². The molecule has 6 nitrogen and oxygen atoms in total. The maximum absolute atomic E-state index is 12.8. The van der Waals surface area contributed by atoms with E-state index in [1.807, 2.05) is 36.1 Å². The maximum atomic E-state index is 12.8. The number of amides is 1. The first-order valence-electron chi connectivity index (χ1n) is 8.34. The van der Waals surface area contributed by atoms with Crippen molar-refractivity contribution in [3.8, 4) is 5.69 Å². The van der Waals surface area contributed by atoms with E-state index in [-0.39, 0.29) is 17.8 Å². The summed E-state index contributed by atoms with van der Waals surface area (Å²) in [7, 11) is 0. The first-order chi connectivity index (χ1) is 11.6. The Morgan fingerprint density at radius 3 is 2.92 bits per heavy atom. The zero-order chi connectivity index (χ0) is 17.1. The van der Waals surface area contributed by atoms with Gasteiger partial charge >= 0.3 is 0 Å². The van der Waals surface area contributed by atoms with E-state index >= 15 is 0 Å². The smallest absolute Gasteiger partial charge is 0.293 e. The van der Waals surface area contributed by atoms with Crippen LogP contribution in [-0.2, 0) is 6.42 Å². The van der Waals surface area contributed by atoms with Crippen molar-refractivity contribution in [3.05, 3.63) is 40.9 Å². The Bertz CT molecular complexity index is 730. The van der Waals surface area contributed by atoms with Crippen molar-refractivity contribution in [2.75, 3.05) is 19.6 Å². The first kappa shape index (κ1) is 16.9. The lowest BCUT2D eigenvalue weighted by atomic mass is 10.2. The fourth-order valence-electron chi connectivity index (χ4n) is 2.91. The second-order valence-electron chi connectivity index (χ2n) is 6.02. The van der Waals surface area contributed by atoms with Crippen LogP contribution >= 0.6 is 11.6 Å². The summed E-state index contributed by atoms with van der Waals surface area (Å²) in [5, 5.41) is 8.35. The Labute approximate surface area is 146 Å². The van der Waals surface area contributed by atoms with E-state index in [4.69, 9.17) is 11.6 Å². The Hall–Kier alpha value is -1.92.